The fourth-order valence-corrected chi connectivity index (χ4v) is 5.24. The summed E-state index contributed by atoms with van der Waals surface area (Å²) in [4.78, 5) is 25.2. The van der Waals surface area contributed by atoms with Crippen molar-refractivity contribution in [1.29, 1.82) is 0 Å². The Morgan fingerprint density at radius 3 is 2.33 bits per heavy atom. The molecule has 1 aliphatic rings. The molecular formula is C28H23NO3S. The first-order chi connectivity index (χ1) is 16.0. The van der Waals surface area contributed by atoms with Crippen LogP contribution in [0.25, 0.3) is 10.8 Å². The van der Waals surface area contributed by atoms with Crippen LogP contribution in [0.5, 0.6) is 0 Å². The number of fused-ring (bicyclic) bond motifs is 2. The van der Waals surface area contributed by atoms with E-state index in [1.54, 1.807) is 12.1 Å². The van der Waals surface area contributed by atoms with Crippen molar-refractivity contribution in [3.8, 4) is 0 Å². The van der Waals surface area contributed by atoms with E-state index in [1.807, 2.05) is 42.1 Å². The predicted octanol–water partition coefficient (Wildman–Crippen LogP) is 5.71. The molecule has 1 heterocycles. The Balaban J connectivity index is 1.29. The fourth-order valence-electron chi connectivity index (χ4n) is 4.18. The van der Waals surface area contributed by atoms with Crippen LogP contribution in [0, 0.1) is 0 Å². The molecule has 0 saturated heterocycles. The molecule has 0 saturated carbocycles. The minimum atomic E-state index is -0.923. The number of thioether (sulfide) groups is 1. The molecule has 5 heteroatoms. The highest BCUT2D eigenvalue weighted by Crippen LogP contribution is 2.31. The van der Waals surface area contributed by atoms with Crippen molar-refractivity contribution >= 4 is 34.4 Å². The molecule has 33 heavy (non-hydrogen) atoms. The molecule has 4 aromatic carbocycles. The van der Waals surface area contributed by atoms with Gasteiger partial charge in [0.25, 0.3) is 5.91 Å². The molecule has 164 valence electrons. The van der Waals surface area contributed by atoms with Crippen LogP contribution in [0.1, 0.15) is 43.0 Å². The molecule has 0 atom stereocenters. The van der Waals surface area contributed by atoms with E-state index in [0.717, 1.165) is 39.6 Å². The Morgan fingerprint density at radius 1 is 0.788 bits per heavy atom. The van der Waals surface area contributed by atoms with E-state index in [2.05, 4.69) is 41.7 Å². The van der Waals surface area contributed by atoms with Crippen molar-refractivity contribution < 1.29 is 14.7 Å². The average Bonchev–Trinajstić information content (AvgIpc) is 3.30. The second kappa shape index (κ2) is 9.12. The third kappa shape index (κ3) is 4.78. The number of hydrogen-bond acceptors (Lipinski definition) is 3. The zero-order chi connectivity index (χ0) is 22.8. The number of carboxylic acid groups (broad SMARTS) is 1. The van der Waals surface area contributed by atoms with Gasteiger partial charge in [0.05, 0.1) is 5.56 Å². The fraction of sp³-hybridized carbons (Fsp3) is 0.143. The number of carboxylic acids is 1. The number of aryl methyl sites for hydroxylation is 1. The predicted molar refractivity (Wildman–Crippen MR) is 132 cm³/mol. The van der Waals surface area contributed by atoms with Crippen LogP contribution >= 0.6 is 11.8 Å². The van der Waals surface area contributed by atoms with Crippen molar-refractivity contribution in [2.45, 2.75) is 24.3 Å². The minimum absolute atomic E-state index is 0.0820. The first-order valence-corrected chi connectivity index (χ1v) is 11.9. The van der Waals surface area contributed by atoms with Crippen LogP contribution in [0.15, 0.2) is 83.8 Å². The third-order valence-corrected chi connectivity index (χ3v) is 7.10. The minimum Gasteiger partial charge on any atom is -0.478 e. The molecule has 5 rings (SSSR count). The quantitative estimate of drug-likeness (QED) is 0.393. The van der Waals surface area contributed by atoms with Gasteiger partial charge < -0.3 is 10.4 Å². The first kappa shape index (κ1) is 21.3. The number of rotatable bonds is 6. The molecule has 1 amide bonds. The van der Waals surface area contributed by atoms with Crippen molar-refractivity contribution in [2.75, 3.05) is 5.75 Å². The average molecular weight is 454 g/mol. The maximum Gasteiger partial charge on any atom is 0.335 e. The molecule has 1 aliphatic heterocycles. The number of benzene rings is 4. The smallest absolute Gasteiger partial charge is 0.335 e. The van der Waals surface area contributed by atoms with Crippen LogP contribution in [0.4, 0.5) is 0 Å². The number of carbonyl (C=O) groups is 2. The number of aromatic carboxylic acids is 1. The summed E-state index contributed by atoms with van der Waals surface area (Å²) in [5.74, 6) is 0.132. The Bertz CT molecular complexity index is 1360. The maximum absolute atomic E-state index is 12.8. The SMILES string of the molecule is O=C(O)c1ccc(Cc2ccc3ccc(C(=O)NCc4ccc5c(c4)CCS5)cc3c2)cc1. The third-order valence-electron chi connectivity index (χ3n) is 5.98. The normalized spacial score (nSPS) is 12.5. The van der Waals surface area contributed by atoms with Crippen LogP contribution in [0.2, 0.25) is 0 Å². The van der Waals surface area contributed by atoms with E-state index in [9.17, 15) is 9.59 Å². The molecule has 4 nitrogen and oxygen atoms in total. The molecular weight excluding hydrogens is 430 g/mol. The monoisotopic (exact) mass is 453 g/mol. The van der Waals surface area contributed by atoms with Gasteiger partial charge in [0.1, 0.15) is 0 Å². The first-order valence-electron chi connectivity index (χ1n) is 10.9. The molecule has 0 bridgehead atoms. The molecule has 0 radical (unpaired) electrons. The molecule has 0 spiro atoms. The second-order valence-electron chi connectivity index (χ2n) is 8.30. The topological polar surface area (TPSA) is 66.4 Å². The number of carbonyl (C=O) groups excluding carboxylic acids is 1. The lowest BCUT2D eigenvalue weighted by atomic mass is 9.99. The number of hydrogen-bond donors (Lipinski definition) is 2. The largest absolute Gasteiger partial charge is 0.478 e. The van der Waals surface area contributed by atoms with Crippen LogP contribution in [-0.2, 0) is 19.4 Å². The highest BCUT2D eigenvalue weighted by Gasteiger charge is 2.12. The van der Waals surface area contributed by atoms with Gasteiger partial charge in [-0.15, -0.1) is 11.8 Å². The lowest BCUT2D eigenvalue weighted by Gasteiger charge is -2.09. The Kier molecular flexibility index (Phi) is 5.88. The van der Waals surface area contributed by atoms with Crippen molar-refractivity contribution in [3.63, 3.8) is 0 Å². The van der Waals surface area contributed by atoms with E-state index in [1.165, 1.54) is 10.5 Å². The van der Waals surface area contributed by atoms with Crippen LogP contribution in [0.3, 0.4) is 0 Å². The summed E-state index contributed by atoms with van der Waals surface area (Å²) in [5.41, 5.74) is 5.58. The van der Waals surface area contributed by atoms with Crippen LogP contribution in [-0.4, -0.2) is 22.7 Å². The molecule has 0 aliphatic carbocycles. The van der Waals surface area contributed by atoms with Gasteiger partial charge in [-0.2, -0.15) is 0 Å². The van der Waals surface area contributed by atoms with E-state index in [0.29, 0.717) is 18.5 Å². The van der Waals surface area contributed by atoms with Gasteiger partial charge in [-0.3, -0.25) is 4.79 Å². The Hall–Kier alpha value is -3.57. The van der Waals surface area contributed by atoms with E-state index in [4.69, 9.17) is 5.11 Å². The van der Waals surface area contributed by atoms with Crippen LogP contribution < -0.4 is 5.32 Å². The number of amides is 1. The summed E-state index contributed by atoms with van der Waals surface area (Å²) in [5, 5.41) is 14.2. The van der Waals surface area contributed by atoms with Gasteiger partial charge in [0.2, 0.25) is 0 Å². The van der Waals surface area contributed by atoms with Gasteiger partial charge in [0, 0.05) is 22.8 Å². The van der Waals surface area contributed by atoms with E-state index >= 15 is 0 Å². The Morgan fingerprint density at radius 2 is 1.52 bits per heavy atom. The summed E-state index contributed by atoms with van der Waals surface area (Å²) in [7, 11) is 0. The second-order valence-corrected chi connectivity index (χ2v) is 9.44. The van der Waals surface area contributed by atoms with Gasteiger partial charge in [-0.1, -0.05) is 48.5 Å². The highest BCUT2D eigenvalue weighted by atomic mass is 32.2. The summed E-state index contributed by atoms with van der Waals surface area (Å²) < 4.78 is 0. The van der Waals surface area contributed by atoms with Gasteiger partial charge in [-0.05, 0) is 76.2 Å². The molecule has 2 N–H and O–H groups in total. The van der Waals surface area contributed by atoms with Crippen molar-refractivity contribution in [1.82, 2.24) is 5.32 Å². The van der Waals surface area contributed by atoms with Crippen molar-refractivity contribution in [2.24, 2.45) is 0 Å². The zero-order valence-corrected chi connectivity index (χ0v) is 18.8. The van der Waals surface area contributed by atoms with Gasteiger partial charge in [0.15, 0.2) is 0 Å². The molecule has 4 aromatic rings. The molecule has 0 aromatic heterocycles. The van der Waals surface area contributed by atoms with E-state index < -0.39 is 5.97 Å². The van der Waals surface area contributed by atoms with E-state index in [-0.39, 0.29) is 11.5 Å². The summed E-state index contributed by atoms with van der Waals surface area (Å²) >= 11 is 1.89. The van der Waals surface area contributed by atoms with Gasteiger partial charge >= 0.3 is 5.97 Å². The lowest BCUT2D eigenvalue weighted by molar-refractivity contribution is 0.0696. The van der Waals surface area contributed by atoms with Gasteiger partial charge in [-0.25, -0.2) is 4.79 Å². The molecule has 0 fully saturated rings. The maximum atomic E-state index is 12.8. The number of nitrogens with one attached hydrogen (secondary N) is 1. The zero-order valence-electron chi connectivity index (χ0n) is 18.0. The molecule has 0 unspecified atom stereocenters. The lowest BCUT2D eigenvalue weighted by Crippen LogP contribution is -2.22. The van der Waals surface area contributed by atoms with Crippen molar-refractivity contribution in [3.05, 3.63) is 112 Å². The summed E-state index contributed by atoms with van der Waals surface area (Å²) in [6.07, 6.45) is 1.79. The Labute approximate surface area is 196 Å². The summed E-state index contributed by atoms with van der Waals surface area (Å²) in [6.45, 7) is 0.515. The summed E-state index contributed by atoms with van der Waals surface area (Å²) in [6, 6.07) is 25.4. The standard InChI is InChI=1S/C28H23NO3S/c30-27(29-17-20-4-10-26-23(15-20)11-12-33-26)24-9-8-21-5-3-19(14-25(21)16-24)13-18-1-6-22(7-2-18)28(31)32/h1-10,14-16H,11-13,17H2,(H,29,30)(H,31,32). The highest BCUT2D eigenvalue weighted by molar-refractivity contribution is 7.99.